The Balaban J connectivity index is 0.00000306. The third-order valence-corrected chi connectivity index (χ3v) is 6.06. The zero-order valence-corrected chi connectivity index (χ0v) is 21.7. The molecule has 8 nitrogen and oxygen atoms in total. The lowest BCUT2D eigenvalue weighted by Gasteiger charge is -2.33. The number of aliphatic imine (C=N–C) groups is 1. The fraction of sp³-hybridized carbons (Fsp3) is 0.583. The number of morpholine rings is 1. The van der Waals surface area contributed by atoms with Gasteiger partial charge in [-0.25, -0.2) is 4.98 Å². The summed E-state index contributed by atoms with van der Waals surface area (Å²) in [5.41, 5.74) is 0. The number of pyridine rings is 1. The molecular weight excluding hydrogens is 531 g/mol. The number of aromatic nitrogens is 1. The maximum absolute atomic E-state index is 5.46. The van der Waals surface area contributed by atoms with Gasteiger partial charge in [-0.15, -0.1) is 24.0 Å². The van der Waals surface area contributed by atoms with Crippen LogP contribution in [0.4, 0.5) is 5.82 Å². The fourth-order valence-corrected chi connectivity index (χ4v) is 4.21. The molecule has 2 fully saturated rings. The third-order valence-electron chi connectivity index (χ3n) is 6.06. The second kappa shape index (κ2) is 14.4. The summed E-state index contributed by atoms with van der Waals surface area (Å²) in [4.78, 5) is 14.2. The van der Waals surface area contributed by atoms with E-state index in [0.29, 0.717) is 6.04 Å². The zero-order chi connectivity index (χ0) is 21.8. The zero-order valence-electron chi connectivity index (χ0n) is 19.3. The maximum Gasteiger partial charge on any atom is 0.191 e. The monoisotopic (exact) mass is 568 g/mol. The number of anilines is 1. The number of hydrogen-bond acceptors (Lipinski definition) is 6. The highest BCUT2D eigenvalue weighted by molar-refractivity contribution is 14.0. The van der Waals surface area contributed by atoms with Crippen LogP contribution >= 0.6 is 24.0 Å². The van der Waals surface area contributed by atoms with Crippen LogP contribution in [-0.2, 0) is 11.2 Å². The summed E-state index contributed by atoms with van der Waals surface area (Å²) in [7, 11) is 0. The van der Waals surface area contributed by atoms with Gasteiger partial charge in [0.2, 0.25) is 0 Å². The number of ether oxygens (including phenoxy) is 1. The molecular formula is C24H37IN6O2. The van der Waals surface area contributed by atoms with Crippen molar-refractivity contribution in [2.75, 3.05) is 63.9 Å². The molecule has 0 spiro atoms. The molecule has 4 heterocycles. The van der Waals surface area contributed by atoms with Gasteiger partial charge < -0.3 is 24.7 Å². The van der Waals surface area contributed by atoms with Crippen LogP contribution in [0.3, 0.4) is 0 Å². The van der Waals surface area contributed by atoms with Crippen LogP contribution in [0.2, 0.25) is 0 Å². The molecule has 2 saturated heterocycles. The van der Waals surface area contributed by atoms with Crippen molar-refractivity contribution in [3.63, 3.8) is 0 Å². The van der Waals surface area contributed by atoms with Crippen LogP contribution in [-0.4, -0.2) is 80.9 Å². The van der Waals surface area contributed by atoms with Gasteiger partial charge in [-0.1, -0.05) is 6.07 Å². The number of hydrogen-bond donors (Lipinski definition) is 2. The summed E-state index contributed by atoms with van der Waals surface area (Å²) in [5, 5.41) is 7.18. The Morgan fingerprint density at radius 2 is 1.94 bits per heavy atom. The van der Waals surface area contributed by atoms with Crippen LogP contribution in [0.25, 0.3) is 0 Å². The molecule has 2 N–H and O–H groups in total. The molecule has 9 heteroatoms. The van der Waals surface area contributed by atoms with E-state index in [1.54, 1.807) is 6.26 Å². The molecule has 0 aromatic carbocycles. The van der Waals surface area contributed by atoms with Gasteiger partial charge in [0.25, 0.3) is 0 Å². The van der Waals surface area contributed by atoms with Crippen molar-refractivity contribution in [1.82, 2.24) is 20.5 Å². The minimum atomic E-state index is 0. The summed E-state index contributed by atoms with van der Waals surface area (Å²) < 4.78 is 10.9. The van der Waals surface area contributed by atoms with Crippen LogP contribution in [0, 0.1) is 0 Å². The molecule has 0 radical (unpaired) electrons. The molecule has 2 aromatic heterocycles. The van der Waals surface area contributed by atoms with E-state index in [1.807, 2.05) is 24.4 Å². The fourth-order valence-electron chi connectivity index (χ4n) is 4.21. The highest BCUT2D eigenvalue weighted by Crippen LogP contribution is 2.17. The first-order valence-electron chi connectivity index (χ1n) is 11.9. The average molecular weight is 569 g/mol. The number of halogens is 1. The van der Waals surface area contributed by atoms with Crippen LogP contribution in [0.15, 0.2) is 52.2 Å². The van der Waals surface area contributed by atoms with Crippen molar-refractivity contribution in [2.45, 2.75) is 31.7 Å². The van der Waals surface area contributed by atoms with E-state index in [-0.39, 0.29) is 24.0 Å². The standard InChI is InChI=1S/C24H36N6O2.HI/c1-2-10-25-23(6-1)30-14-8-21(9-15-30)28-24(27-12-7-22-5-3-18-32-22)26-11-4-13-29-16-19-31-20-17-29;/h1-3,5-6,10,18,21H,4,7-9,11-17,19-20H2,(H2,26,27,28);1H. The highest BCUT2D eigenvalue weighted by atomic mass is 127. The molecule has 2 aromatic rings. The number of rotatable bonds is 9. The molecule has 2 aliphatic rings. The smallest absolute Gasteiger partial charge is 0.191 e. The normalized spacial score (nSPS) is 18.1. The van der Waals surface area contributed by atoms with Crippen molar-refractivity contribution >= 4 is 35.8 Å². The Labute approximate surface area is 214 Å². The number of nitrogens with one attached hydrogen (secondary N) is 2. The summed E-state index contributed by atoms with van der Waals surface area (Å²) in [6.07, 6.45) is 7.64. The van der Waals surface area contributed by atoms with Gasteiger partial charge in [0.15, 0.2) is 5.96 Å². The topological polar surface area (TPSA) is 78.2 Å². The first-order chi connectivity index (χ1) is 15.9. The predicted octanol–water partition coefficient (Wildman–Crippen LogP) is 2.76. The Morgan fingerprint density at radius 3 is 2.67 bits per heavy atom. The average Bonchev–Trinajstić information content (AvgIpc) is 3.37. The van der Waals surface area contributed by atoms with E-state index in [4.69, 9.17) is 14.1 Å². The molecule has 33 heavy (non-hydrogen) atoms. The summed E-state index contributed by atoms with van der Waals surface area (Å²) in [6, 6.07) is 10.5. The van der Waals surface area contributed by atoms with Gasteiger partial charge in [-0.3, -0.25) is 9.89 Å². The maximum atomic E-state index is 5.46. The molecule has 0 unspecified atom stereocenters. The van der Waals surface area contributed by atoms with Crippen molar-refractivity contribution in [3.8, 4) is 0 Å². The molecule has 0 bridgehead atoms. The van der Waals surface area contributed by atoms with Crippen molar-refractivity contribution < 1.29 is 9.15 Å². The van der Waals surface area contributed by atoms with Crippen LogP contribution < -0.4 is 15.5 Å². The van der Waals surface area contributed by atoms with Crippen molar-refractivity contribution in [2.24, 2.45) is 4.99 Å². The van der Waals surface area contributed by atoms with E-state index in [9.17, 15) is 0 Å². The molecule has 0 saturated carbocycles. The van der Waals surface area contributed by atoms with Gasteiger partial charge in [-0.2, -0.15) is 0 Å². The molecule has 0 aliphatic carbocycles. The lowest BCUT2D eigenvalue weighted by molar-refractivity contribution is 0.0377. The lowest BCUT2D eigenvalue weighted by Crippen LogP contribution is -2.49. The summed E-state index contributed by atoms with van der Waals surface area (Å²) in [5.74, 6) is 2.97. The van der Waals surface area contributed by atoms with E-state index >= 15 is 0 Å². The van der Waals surface area contributed by atoms with Crippen molar-refractivity contribution in [3.05, 3.63) is 48.6 Å². The second-order valence-corrected chi connectivity index (χ2v) is 8.39. The van der Waals surface area contributed by atoms with E-state index in [2.05, 4.69) is 37.6 Å². The Hall–Kier alpha value is -1.85. The predicted molar refractivity (Wildman–Crippen MR) is 143 cm³/mol. The largest absolute Gasteiger partial charge is 0.469 e. The van der Waals surface area contributed by atoms with Gasteiger partial charge in [0, 0.05) is 64.5 Å². The third kappa shape index (κ3) is 8.78. The summed E-state index contributed by atoms with van der Waals surface area (Å²) >= 11 is 0. The van der Waals surface area contributed by atoms with Crippen LogP contribution in [0.1, 0.15) is 25.0 Å². The quantitative estimate of drug-likeness (QED) is 0.209. The van der Waals surface area contributed by atoms with Crippen LogP contribution in [0.5, 0.6) is 0 Å². The minimum Gasteiger partial charge on any atom is -0.469 e. The number of nitrogens with zero attached hydrogens (tertiary/aromatic N) is 4. The SMILES string of the molecule is I.c1ccc(N2CCC(NC(=NCCCN3CCOCC3)NCCc3ccco3)CC2)nc1. The Morgan fingerprint density at radius 1 is 1.09 bits per heavy atom. The lowest BCUT2D eigenvalue weighted by atomic mass is 10.1. The number of furan rings is 1. The first kappa shape index (κ1) is 25.8. The van der Waals surface area contributed by atoms with E-state index in [1.165, 1.54) is 0 Å². The van der Waals surface area contributed by atoms with Crippen molar-refractivity contribution in [1.29, 1.82) is 0 Å². The first-order valence-corrected chi connectivity index (χ1v) is 11.9. The molecule has 0 atom stereocenters. The molecule has 182 valence electrons. The van der Waals surface area contributed by atoms with E-state index in [0.717, 1.165) is 102 Å². The number of piperidine rings is 1. The molecule has 0 amide bonds. The summed E-state index contributed by atoms with van der Waals surface area (Å²) in [6.45, 7) is 8.47. The Bertz CT molecular complexity index is 791. The molecule has 2 aliphatic heterocycles. The molecule has 4 rings (SSSR count). The van der Waals surface area contributed by atoms with Gasteiger partial charge in [-0.05, 0) is 43.5 Å². The van der Waals surface area contributed by atoms with Gasteiger partial charge >= 0.3 is 0 Å². The second-order valence-electron chi connectivity index (χ2n) is 8.39. The minimum absolute atomic E-state index is 0. The van der Waals surface area contributed by atoms with Gasteiger partial charge in [0.05, 0.1) is 19.5 Å². The Kier molecular flexibility index (Phi) is 11.3. The number of guanidine groups is 1. The highest BCUT2D eigenvalue weighted by Gasteiger charge is 2.21. The van der Waals surface area contributed by atoms with E-state index < -0.39 is 0 Å². The van der Waals surface area contributed by atoms with Gasteiger partial charge in [0.1, 0.15) is 11.6 Å².